The summed E-state index contributed by atoms with van der Waals surface area (Å²) in [6, 6.07) is 4.83. The molecule has 9 nitrogen and oxygen atoms in total. The van der Waals surface area contributed by atoms with E-state index in [1.807, 2.05) is 0 Å². The molecule has 2 aliphatic rings. The van der Waals surface area contributed by atoms with E-state index in [2.05, 4.69) is 20.3 Å². The quantitative estimate of drug-likeness (QED) is 0.565. The lowest BCUT2D eigenvalue weighted by Gasteiger charge is -2.34. The summed E-state index contributed by atoms with van der Waals surface area (Å²) in [5.74, 6) is -0.323. The predicted molar refractivity (Wildman–Crippen MR) is 105 cm³/mol. The maximum absolute atomic E-state index is 12.9. The molecule has 1 aromatic carbocycles. The maximum Gasteiger partial charge on any atom is 0.522 e. The van der Waals surface area contributed by atoms with Gasteiger partial charge in [-0.2, -0.15) is 0 Å². The van der Waals surface area contributed by atoms with E-state index >= 15 is 0 Å². The van der Waals surface area contributed by atoms with Crippen molar-refractivity contribution in [3.63, 3.8) is 0 Å². The highest BCUT2D eigenvalue weighted by Gasteiger charge is 2.43. The first-order valence-corrected chi connectivity index (χ1v) is 10.6. The van der Waals surface area contributed by atoms with Gasteiger partial charge in [0, 0.05) is 19.4 Å². The van der Waals surface area contributed by atoms with Crippen LogP contribution in [0.15, 0.2) is 28.7 Å². The highest BCUT2D eigenvalue weighted by atomic mass is 19.4. The van der Waals surface area contributed by atoms with Crippen LogP contribution in [0, 0.1) is 5.82 Å². The highest BCUT2D eigenvalue weighted by Crippen LogP contribution is 2.41. The zero-order valence-corrected chi connectivity index (χ0v) is 18.1. The van der Waals surface area contributed by atoms with Crippen molar-refractivity contribution in [3.8, 4) is 5.75 Å². The van der Waals surface area contributed by atoms with E-state index in [-0.39, 0.29) is 43.8 Å². The monoisotopic (exact) mass is 489 g/mol. The summed E-state index contributed by atoms with van der Waals surface area (Å²) in [6.45, 7) is -0.163. The smallest absolute Gasteiger partial charge is 0.484 e. The van der Waals surface area contributed by atoms with Gasteiger partial charge in [-0.25, -0.2) is 4.39 Å². The lowest BCUT2D eigenvalue weighted by Crippen LogP contribution is -2.51. The number of nitrogens with one attached hydrogen (secondary N) is 1. The van der Waals surface area contributed by atoms with E-state index in [1.165, 1.54) is 31.4 Å². The SMILES string of the molecule is CO[C@@H]1C[C@H](c2nnc([C@H]3C[C@@H](OC(F)(F)F)C3)o2)OC[C@H]1NC(=O)COc1ccc(F)cc1. The Kier molecular flexibility index (Phi) is 7.33. The molecule has 1 saturated carbocycles. The van der Waals surface area contributed by atoms with Crippen LogP contribution < -0.4 is 10.1 Å². The first-order valence-electron chi connectivity index (χ1n) is 10.6. The summed E-state index contributed by atoms with van der Waals surface area (Å²) in [7, 11) is 1.50. The van der Waals surface area contributed by atoms with Crippen molar-refractivity contribution in [2.75, 3.05) is 20.3 Å². The molecule has 0 spiro atoms. The molecule has 13 heteroatoms. The average molecular weight is 489 g/mol. The summed E-state index contributed by atoms with van der Waals surface area (Å²) in [6.07, 6.45) is -6.00. The van der Waals surface area contributed by atoms with E-state index < -0.39 is 42.4 Å². The van der Waals surface area contributed by atoms with Crippen LogP contribution in [0.2, 0.25) is 0 Å². The standard InChI is InChI=1S/C21H23F4N3O6/c1-30-16-8-17(20-28-27-19(33-20)11-6-14(7-11)34-21(23,24)25)32-9-15(16)26-18(29)10-31-13-4-2-12(22)3-5-13/h2-5,11,14-17H,6-10H2,1H3,(H,26,29)/t11-,14+,15-,16-,17-/m1/s1. The van der Waals surface area contributed by atoms with Gasteiger partial charge in [0.15, 0.2) is 6.61 Å². The van der Waals surface area contributed by atoms with Crippen LogP contribution in [0.4, 0.5) is 17.6 Å². The number of amides is 1. The van der Waals surface area contributed by atoms with Crippen LogP contribution in [-0.4, -0.2) is 61.0 Å². The van der Waals surface area contributed by atoms with E-state index in [4.69, 9.17) is 18.6 Å². The fraction of sp³-hybridized carbons (Fsp3) is 0.571. The van der Waals surface area contributed by atoms with Crippen LogP contribution in [0.3, 0.4) is 0 Å². The van der Waals surface area contributed by atoms with E-state index in [1.54, 1.807) is 0 Å². The number of rotatable bonds is 8. The van der Waals surface area contributed by atoms with Crippen LogP contribution in [0.25, 0.3) is 0 Å². The molecule has 2 aromatic rings. The Hall–Kier alpha value is -2.77. The minimum absolute atomic E-state index is 0.105. The number of halogens is 4. The predicted octanol–water partition coefficient (Wildman–Crippen LogP) is 3.03. The first kappa shape index (κ1) is 24.4. The van der Waals surface area contributed by atoms with E-state index in [0.29, 0.717) is 12.2 Å². The summed E-state index contributed by atoms with van der Waals surface area (Å²) >= 11 is 0. The second kappa shape index (κ2) is 10.2. The van der Waals surface area contributed by atoms with Gasteiger partial charge in [0.05, 0.1) is 24.9 Å². The van der Waals surface area contributed by atoms with Gasteiger partial charge < -0.3 is 23.9 Å². The lowest BCUT2D eigenvalue weighted by molar-refractivity contribution is -0.352. The number of carbonyl (C=O) groups excluding carboxylic acids is 1. The van der Waals surface area contributed by atoms with Crippen molar-refractivity contribution in [2.45, 2.75) is 55.9 Å². The number of hydrogen-bond acceptors (Lipinski definition) is 8. The van der Waals surface area contributed by atoms with Gasteiger partial charge in [-0.15, -0.1) is 23.4 Å². The Morgan fingerprint density at radius 2 is 1.85 bits per heavy atom. The lowest BCUT2D eigenvalue weighted by atomic mass is 9.82. The first-order chi connectivity index (χ1) is 16.2. The van der Waals surface area contributed by atoms with Crippen molar-refractivity contribution < 1.29 is 45.7 Å². The number of nitrogens with zero attached hydrogens (tertiary/aromatic N) is 2. The summed E-state index contributed by atoms with van der Waals surface area (Å²) < 4.78 is 76.0. The second-order valence-electron chi connectivity index (χ2n) is 8.08. The van der Waals surface area contributed by atoms with Gasteiger partial charge in [0.2, 0.25) is 11.8 Å². The third-order valence-electron chi connectivity index (χ3n) is 5.68. The Balaban J connectivity index is 1.25. The van der Waals surface area contributed by atoms with Gasteiger partial charge in [-0.1, -0.05) is 0 Å². The van der Waals surface area contributed by atoms with E-state index in [0.717, 1.165) is 0 Å². The average Bonchev–Trinajstić information content (AvgIpc) is 3.25. The van der Waals surface area contributed by atoms with Gasteiger partial charge in [0.1, 0.15) is 17.7 Å². The Morgan fingerprint density at radius 3 is 2.53 bits per heavy atom. The third kappa shape index (κ3) is 6.21. The van der Waals surface area contributed by atoms with Crippen molar-refractivity contribution in [1.82, 2.24) is 15.5 Å². The second-order valence-corrected chi connectivity index (χ2v) is 8.08. The number of methoxy groups -OCH3 is 1. The Labute approximate surface area is 191 Å². The normalized spacial score (nSPS) is 27.1. The van der Waals surface area contributed by atoms with Crippen LogP contribution >= 0.6 is 0 Å². The molecular weight excluding hydrogens is 466 g/mol. The van der Waals surface area contributed by atoms with Crippen molar-refractivity contribution in [2.24, 2.45) is 0 Å². The molecule has 1 N–H and O–H groups in total. The Morgan fingerprint density at radius 1 is 1.15 bits per heavy atom. The van der Waals surface area contributed by atoms with E-state index in [9.17, 15) is 22.4 Å². The number of aromatic nitrogens is 2. The molecule has 1 aromatic heterocycles. The van der Waals surface area contributed by atoms with Gasteiger partial charge in [-0.05, 0) is 37.1 Å². The molecule has 4 rings (SSSR count). The van der Waals surface area contributed by atoms with Crippen LogP contribution in [0.1, 0.15) is 43.1 Å². The molecular formula is C21H23F4N3O6. The minimum atomic E-state index is -4.67. The van der Waals surface area contributed by atoms with Gasteiger partial charge >= 0.3 is 6.36 Å². The number of carbonyl (C=O) groups is 1. The highest BCUT2D eigenvalue weighted by molar-refractivity contribution is 5.78. The number of ether oxygens (including phenoxy) is 4. The van der Waals surface area contributed by atoms with Crippen molar-refractivity contribution in [1.29, 1.82) is 0 Å². The number of alkyl halides is 3. The fourth-order valence-electron chi connectivity index (χ4n) is 3.86. The Bertz CT molecular complexity index is 964. The van der Waals surface area contributed by atoms with Crippen LogP contribution in [-0.2, 0) is 19.0 Å². The molecule has 0 bridgehead atoms. The van der Waals surface area contributed by atoms with Crippen LogP contribution in [0.5, 0.6) is 5.75 Å². The summed E-state index contributed by atoms with van der Waals surface area (Å²) in [4.78, 5) is 12.3. The van der Waals surface area contributed by atoms with Crippen molar-refractivity contribution in [3.05, 3.63) is 41.9 Å². The topological polar surface area (TPSA) is 105 Å². The molecule has 0 radical (unpaired) electrons. The molecule has 0 unspecified atom stereocenters. The maximum atomic E-state index is 12.9. The fourth-order valence-corrected chi connectivity index (χ4v) is 3.86. The molecule has 34 heavy (non-hydrogen) atoms. The number of benzene rings is 1. The van der Waals surface area contributed by atoms with Gasteiger partial charge in [0.25, 0.3) is 5.91 Å². The molecule has 3 atom stereocenters. The minimum Gasteiger partial charge on any atom is -0.484 e. The summed E-state index contributed by atoms with van der Waals surface area (Å²) in [5.41, 5.74) is 0. The largest absolute Gasteiger partial charge is 0.522 e. The summed E-state index contributed by atoms with van der Waals surface area (Å²) in [5, 5.41) is 10.7. The third-order valence-corrected chi connectivity index (χ3v) is 5.68. The molecule has 1 aliphatic carbocycles. The molecule has 2 heterocycles. The zero-order valence-electron chi connectivity index (χ0n) is 18.1. The molecule has 1 aliphatic heterocycles. The zero-order chi connectivity index (χ0) is 24.3. The molecule has 186 valence electrons. The molecule has 2 fully saturated rings. The molecule has 1 amide bonds. The van der Waals surface area contributed by atoms with Crippen molar-refractivity contribution >= 4 is 5.91 Å². The van der Waals surface area contributed by atoms with Gasteiger partial charge in [-0.3, -0.25) is 9.53 Å². The molecule has 1 saturated heterocycles. The number of hydrogen-bond donors (Lipinski definition) is 1.